The Labute approximate surface area is 93.4 Å². The summed E-state index contributed by atoms with van der Waals surface area (Å²) < 4.78 is 0. The molecule has 2 saturated carbocycles. The van der Waals surface area contributed by atoms with Gasteiger partial charge in [-0.05, 0) is 31.1 Å². The molecule has 0 aromatic carbocycles. The van der Waals surface area contributed by atoms with Gasteiger partial charge < -0.3 is 10.2 Å². The van der Waals surface area contributed by atoms with E-state index in [-0.39, 0.29) is 0 Å². The summed E-state index contributed by atoms with van der Waals surface area (Å²) in [6, 6.07) is 0.884. The molecule has 2 nitrogen and oxygen atoms in total. The van der Waals surface area contributed by atoms with Crippen LogP contribution in [0.3, 0.4) is 0 Å². The summed E-state index contributed by atoms with van der Waals surface area (Å²) in [5, 5.41) is 3.61. The molecule has 2 aliphatic carbocycles. The van der Waals surface area contributed by atoms with Crippen molar-refractivity contribution in [1.82, 2.24) is 10.2 Å². The van der Waals surface area contributed by atoms with Gasteiger partial charge in [-0.1, -0.05) is 19.3 Å². The largest absolute Gasteiger partial charge is 0.313 e. The lowest BCUT2D eigenvalue weighted by atomic mass is 9.69. The highest BCUT2D eigenvalue weighted by Crippen LogP contribution is 2.43. The molecule has 3 rings (SSSR count). The average molecular weight is 208 g/mol. The van der Waals surface area contributed by atoms with Crippen molar-refractivity contribution in [3.8, 4) is 0 Å². The zero-order valence-corrected chi connectivity index (χ0v) is 9.80. The number of rotatable bonds is 4. The van der Waals surface area contributed by atoms with E-state index in [1.54, 1.807) is 0 Å². The molecular weight excluding hydrogens is 184 g/mol. The van der Waals surface area contributed by atoms with Gasteiger partial charge in [0.15, 0.2) is 0 Å². The molecule has 0 atom stereocenters. The van der Waals surface area contributed by atoms with E-state index < -0.39 is 0 Å². The molecule has 0 bridgehead atoms. The normalized spacial score (nSPS) is 30.4. The molecule has 15 heavy (non-hydrogen) atoms. The van der Waals surface area contributed by atoms with Crippen LogP contribution in [0.1, 0.15) is 44.9 Å². The Hall–Kier alpha value is -0.0800. The minimum absolute atomic E-state index is 0.776. The highest BCUT2D eigenvalue weighted by molar-refractivity contribution is 4.96. The van der Waals surface area contributed by atoms with Crippen molar-refractivity contribution < 1.29 is 0 Å². The standard InChI is InChI=1S/C13H24N2/c1-2-6-13(7-3-1)10-15(11-13)9-8-14-12-4-5-12/h12,14H,1-11H2. The molecular formula is C13H24N2. The van der Waals surface area contributed by atoms with Gasteiger partial charge in [0.2, 0.25) is 0 Å². The molecule has 1 aliphatic heterocycles. The lowest BCUT2D eigenvalue weighted by Crippen LogP contribution is -2.58. The molecule has 0 amide bonds. The zero-order chi connectivity index (χ0) is 10.1. The van der Waals surface area contributed by atoms with E-state index in [0.29, 0.717) is 0 Å². The lowest BCUT2D eigenvalue weighted by Gasteiger charge is -2.52. The minimum Gasteiger partial charge on any atom is -0.313 e. The smallest absolute Gasteiger partial charge is 0.0107 e. The molecule has 0 aromatic heterocycles. The van der Waals surface area contributed by atoms with Crippen LogP contribution in [0, 0.1) is 5.41 Å². The second kappa shape index (κ2) is 4.06. The third kappa shape index (κ3) is 2.36. The van der Waals surface area contributed by atoms with Gasteiger partial charge in [-0.2, -0.15) is 0 Å². The van der Waals surface area contributed by atoms with E-state index in [0.717, 1.165) is 11.5 Å². The van der Waals surface area contributed by atoms with Crippen LogP contribution in [0.2, 0.25) is 0 Å². The molecule has 0 unspecified atom stereocenters. The van der Waals surface area contributed by atoms with Crippen LogP contribution in [0.15, 0.2) is 0 Å². The predicted molar refractivity (Wildman–Crippen MR) is 63.0 cm³/mol. The second-order valence-corrected chi connectivity index (χ2v) is 6.00. The maximum Gasteiger partial charge on any atom is 0.0107 e. The number of nitrogens with one attached hydrogen (secondary N) is 1. The van der Waals surface area contributed by atoms with E-state index in [4.69, 9.17) is 0 Å². The maximum absolute atomic E-state index is 3.61. The fourth-order valence-corrected chi connectivity index (χ4v) is 3.39. The van der Waals surface area contributed by atoms with Crippen LogP contribution in [0.4, 0.5) is 0 Å². The van der Waals surface area contributed by atoms with Crippen LogP contribution in [0.5, 0.6) is 0 Å². The Morgan fingerprint density at radius 3 is 2.47 bits per heavy atom. The third-order valence-electron chi connectivity index (χ3n) is 4.47. The van der Waals surface area contributed by atoms with E-state index in [1.165, 1.54) is 71.1 Å². The van der Waals surface area contributed by atoms with Crippen molar-refractivity contribution >= 4 is 0 Å². The molecule has 1 spiro atoms. The van der Waals surface area contributed by atoms with Crippen LogP contribution >= 0.6 is 0 Å². The maximum atomic E-state index is 3.61. The van der Waals surface area contributed by atoms with Crippen LogP contribution in [-0.4, -0.2) is 37.1 Å². The van der Waals surface area contributed by atoms with E-state index in [9.17, 15) is 0 Å². The molecule has 3 aliphatic rings. The van der Waals surface area contributed by atoms with E-state index in [1.807, 2.05) is 0 Å². The first-order valence-corrected chi connectivity index (χ1v) is 6.82. The van der Waals surface area contributed by atoms with Crippen molar-refractivity contribution in [1.29, 1.82) is 0 Å². The van der Waals surface area contributed by atoms with Crippen molar-refractivity contribution in [2.75, 3.05) is 26.2 Å². The predicted octanol–water partition coefficient (Wildman–Crippen LogP) is 2.00. The topological polar surface area (TPSA) is 15.3 Å². The number of nitrogens with zero attached hydrogens (tertiary/aromatic N) is 1. The van der Waals surface area contributed by atoms with Gasteiger partial charge in [0, 0.05) is 32.2 Å². The summed E-state index contributed by atoms with van der Waals surface area (Å²) in [7, 11) is 0. The molecule has 86 valence electrons. The average Bonchev–Trinajstić information content (AvgIpc) is 3.01. The molecule has 0 aromatic rings. The zero-order valence-electron chi connectivity index (χ0n) is 9.80. The van der Waals surface area contributed by atoms with Crippen molar-refractivity contribution in [3.05, 3.63) is 0 Å². The molecule has 1 heterocycles. The third-order valence-corrected chi connectivity index (χ3v) is 4.47. The minimum atomic E-state index is 0.776. The first-order chi connectivity index (χ1) is 7.36. The molecule has 1 saturated heterocycles. The lowest BCUT2D eigenvalue weighted by molar-refractivity contribution is -0.0266. The van der Waals surface area contributed by atoms with E-state index >= 15 is 0 Å². The Kier molecular flexibility index (Phi) is 2.73. The summed E-state index contributed by atoms with van der Waals surface area (Å²) in [6.45, 7) is 5.32. The van der Waals surface area contributed by atoms with Crippen LogP contribution in [-0.2, 0) is 0 Å². The van der Waals surface area contributed by atoms with Gasteiger partial charge in [0.25, 0.3) is 0 Å². The second-order valence-electron chi connectivity index (χ2n) is 6.00. The summed E-state index contributed by atoms with van der Waals surface area (Å²) in [5.41, 5.74) is 0.776. The van der Waals surface area contributed by atoms with Gasteiger partial charge in [0.05, 0.1) is 0 Å². The SMILES string of the molecule is C1CCC2(CC1)CN(CCNC1CC1)C2. The first kappa shape index (κ1) is 10.1. The molecule has 0 radical (unpaired) electrons. The highest BCUT2D eigenvalue weighted by Gasteiger charge is 2.42. The highest BCUT2D eigenvalue weighted by atomic mass is 15.2. The van der Waals surface area contributed by atoms with E-state index in [2.05, 4.69) is 10.2 Å². The molecule has 2 heteroatoms. The van der Waals surface area contributed by atoms with Gasteiger partial charge in [-0.15, -0.1) is 0 Å². The first-order valence-electron chi connectivity index (χ1n) is 6.82. The molecule has 3 fully saturated rings. The Morgan fingerprint density at radius 1 is 1.07 bits per heavy atom. The number of likely N-dealkylation sites (tertiary alicyclic amines) is 1. The van der Waals surface area contributed by atoms with Crippen LogP contribution < -0.4 is 5.32 Å². The Morgan fingerprint density at radius 2 is 1.80 bits per heavy atom. The van der Waals surface area contributed by atoms with Crippen molar-refractivity contribution in [2.45, 2.75) is 51.0 Å². The number of hydrogen-bond acceptors (Lipinski definition) is 2. The Balaban J connectivity index is 1.33. The van der Waals surface area contributed by atoms with Gasteiger partial charge in [-0.3, -0.25) is 0 Å². The fraction of sp³-hybridized carbons (Fsp3) is 1.00. The van der Waals surface area contributed by atoms with Gasteiger partial charge >= 0.3 is 0 Å². The summed E-state index contributed by atoms with van der Waals surface area (Å²) >= 11 is 0. The monoisotopic (exact) mass is 208 g/mol. The summed E-state index contributed by atoms with van der Waals surface area (Å²) in [6.07, 6.45) is 10.3. The fourth-order valence-electron chi connectivity index (χ4n) is 3.39. The van der Waals surface area contributed by atoms with Gasteiger partial charge in [0.1, 0.15) is 0 Å². The quantitative estimate of drug-likeness (QED) is 0.760. The number of hydrogen-bond donors (Lipinski definition) is 1. The molecule has 1 N–H and O–H groups in total. The van der Waals surface area contributed by atoms with Crippen molar-refractivity contribution in [3.63, 3.8) is 0 Å². The van der Waals surface area contributed by atoms with Crippen LogP contribution in [0.25, 0.3) is 0 Å². The summed E-state index contributed by atoms with van der Waals surface area (Å²) in [5.74, 6) is 0. The van der Waals surface area contributed by atoms with Gasteiger partial charge in [-0.25, -0.2) is 0 Å². The summed E-state index contributed by atoms with van der Waals surface area (Å²) in [4.78, 5) is 2.65. The van der Waals surface area contributed by atoms with Crippen molar-refractivity contribution in [2.24, 2.45) is 5.41 Å². The Bertz CT molecular complexity index is 209.